The van der Waals surface area contributed by atoms with Crippen molar-refractivity contribution in [2.24, 2.45) is 5.73 Å². The van der Waals surface area contributed by atoms with Crippen molar-refractivity contribution >= 4 is 16.7 Å². The Kier molecular flexibility index (Phi) is 2.28. The van der Waals surface area contributed by atoms with Crippen LogP contribution in [0.25, 0.3) is 10.9 Å². The first-order chi connectivity index (χ1) is 7.11. The molecule has 0 bridgehead atoms. The lowest BCUT2D eigenvalue weighted by Gasteiger charge is -2.05. The second-order valence-electron chi connectivity index (χ2n) is 3.52. The molecule has 0 fully saturated rings. The molecule has 78 valence electrons. The summed E-state index contributed by atoms with van der Waals surface area (Å²) in [5.41, 5.74) is 6.16. The molecule has 0 saturated carbocycles. The Hall–Kier alpha value is -1.68. The van der Waals surface area contributed by atoms with Crippen molar-refractivity contribution in [2.75, 3.05) is 0 Å². The number of aromatic amines is 1. The largest absolute Gasteiger partial charge is 0.361 e. The average molecular weight is 206 g/mol. The third kappa shape index (κ3) is 1.53. The fourth-order valence-electron chi connectivity index (χ4n) is 1.53. The lowest BCUT2D eigenvalue weighted by atomic mass is 10.0. The minimum absolute atomic E-state index is 0.0529. The summed E-state index contributed by atoms with van der Waals surface area (Å²) in [4.78, 5) is 14.4. The topological polar surface area (TPSA) is 58.9 Å². The molecule has 3 N–H and O–H groups in total. The molecule has 3 nitrogen and oxygen atoms in total. The van der Waals surface area contributed by atoms with Crippen LogP contribution in [0.2, 0.25) is 0 Å². The summed E-state index contributed by atoms with van der Waals surface area (Å²) in [7, 11) is 0. The van der Waals surface area contributed by atoms with E-state index in [1.165, 1.54) is 6.07 Å². The van der Waals surface area contributed by atoms with Gasteiger partial charge >= 0.3 is 0 Å². The molecular formula is C11H11FN2O. The van der Waals surface area contributed by atoms with Crippen molar-refractivity contribution in [2.45, 2.75) is 13.0 Å². The van der Waals surface area contributed by atoms with E-state index in [4.69, 9.17) is 5.73 Å². The van der Waals surface area contributed by atoms with Gasteiger partial charge in [-0.25, -0.2) is 4.39 Å². The predicted molar refractivity (Wildman–Crippen MR) is 56.2 cm³/mol. The molecule has 0 radical (unpaired) electrons. The number of hydrogen-bond acceptors (Lipinski definition) is 2. The highest BCUT2D eigenvalue weighted by molar-refractivity contribution is 6.02. The number of benzene rings is 1. The zero-order chi connectivity index (χ0) is 11.0. The van der Waals surface area contributed by atoms with Gasteiger partial charge in [0.05, 0.1) is 11.6 Å². The van der Waals surface area contributed by atoms with Gasteiger partial charge in [0.25, 0.3) is 0 Å². The number of ketones is 1. The van der Waals surface area contributed by atoms with Crippen LogP contribution in [0.5, 0.6) is 0 Å². The van der Waals surface area contributed by atoms with Crippen LogP contribution in [0.15, 0.2) is 24.4 Å². The second-order valence-corrected chi connectivity index (χ2v) is 3.52. The van der Waals surface area contributed by atoms with Gasteiger partial charge in [0.2, 0.25) is 0 Å². The van der Waals surface area contributed by atoms with Gasteiger partial charge in [-0.05, 0) is 25.1 Å². The van der Waals surface area contributed by atoms with Crippen LogP contribution in [-0.2, 0) is 0 Å². The van der Waals surface area contributed by atoms with Crippen LogP contribution < -0.4 is 5.73 Å². The molecular weight excluding hydrogens is 195 g/mol. The molecule has 1 aromatic carbocycles. The van der Waals surface area contributed by atoms with Gasteiger partial charge in [-0.3, -0.25) is 4.79 Å². The number of aromatic nitrogens is 1. The number of Topliss-reactive ketones (excluding diaryl/α,β-unsaturated/α-hetero) is 1. The minimum Gasteiger partial charge on any atom is -0.361 e. The average Bonchev–Trinajstić information content (AvgIpc) is 2.66. The highest BCUT2D eigenvalue weighted by Gasteiger charge is 2.17. The van der Waals surface area contributed by atoms with Crippen molar-refractivity contribution < 1.29 is 9.18 Å². The third-order valence-electron chi connectivity index (χ3n) is 2.35. The van der Waals surface area contributed by atoms with Gasteiger partial charge in [-0.2, -0.15) is 0 Å². The van der Waals surface area contributed by atoms with Crippen LogP contribution in [0.3, 0.4) is 0 Å². The Morgan fingerprint density at radius 2 is 2.20 bits per heavy atom. The molecule has 0 saturated heterocycles. The Bertz CT molecular complexity index is 516. The van der Waals surface area contributed by atoms with Crippen molar-refractivity contribution in [3.63, 3.8) is 0 Å². The standard InChI is InChI=1S/C11H11FN2O/c1-6(13)11(15)8-2-3-9-7(10(8)12)4-5-14-9/h2-6,14H,13H2,1H3. The predicted octanol–water partition coefficient (Wildman–Crippen LogP) is 1.84. The molecule has 0 aliphatic heterocycles. The number of rotatable bonds is 2. The van der Waals surface area contributed by atoms with Gasteiger partial charge in [-0.1, -0.05) is 0 Å². The molecule has 2 rings (SSSR count). The Morgan fingerprint density at radius 3 is 2.87 bits per heavy atom. The van der Waals surface area contributed by atoms with E-state index in [-0.39, 0.29) is 11.3 Å². The Labute approximate surface area is 86.1 Å². The quantitative estimate of drug-likeness (QED) is 0.736. The van der Waals surface area contributed by atoms with Crippen molar-refractivity contribution in [1.29, 1.82) is 0 Å². The van der Waals surface area contributed by atoms with Crippen molar-refractivity contribution in [3.05, 3.63) is 35.8 Å². The van der Waals surface area contributed by atoms with Crippen LogP contribution >= 0.6 is 0 Å². The number of hydrogen-bond donors (Lipinski definition) is 2. The van der Waals surface area contributed by atoms with E-state index in [1.54, 1.807) is 25.3 Å². The maximum Gasteiger partial charge on any atom is 0.182 e. The van der Waals surface area contributed by atoms with Crippen molar-refractivity contribution in [3.8, 4) is 0 Å². The summed E-state index contributed by atoms with van der Waals surface area (Å²) < 4.78 is 13.8. The number of carbonyl (C=O) groups is 1. The highest BCUT2D eigenvalue weighted by atomic mass is 19.1. The molecule has 15 heavy (non-hydrogen) atoms. The summed E-state index contributed by atoms with van der Waals surface area (Å²) in [6.45, 7) is 1.54. The van der Waals surface area contributed by atoms with Gasteiger partial charge in [0.15, 0.2) is 5.78 Å². The maximum atomic E-state index is 13.8. The normalized spacial score (nSPS) is 13.0. The summed E-state index contributed by atoms with van der Waals surface area (Å²) in [5.74, 6) is -0.883. The monoisotopic (exact) mass is 206 g/mol. The van der Waals surface area contributed by atoms with Gasteiger partial charge in [0.1, 0.15) is 5.82 Å². The minimum atomic E-state index is -0.684. The molecule has 0 aliphatic carbocycles. The van der Waals surface area contributed by atoms with Gasteiger partial charge < -0.3 is 10.7 Å². The number of carbonyl (C=O) groups excluding carboxylic acids is 1. The van der Waals surface area contributed by atoms with Crippen molar-refractivity contribution in [1.82, 2.24) is 4.98 Å². The van der Waals surface area contributed by atoms with E-state index in [0.29, 0.717) is 10.9 Å². The SMILES string of the molecule is CC(N)C(=O)c1ccc2[nH]ccc2c1F. The molecule has 1 atom stereocenters. The highest BCUT2D eigenvalue weighted by Crippen LogP contribution is 2.20. The van der Waals surface area contributed by atoms with Gasteiger partial charge in [0, 0.05) is 17.1 Å². The number of H-pyrrole nitrogens is 1. The number of fused-ring (bicyclic) bond motifs is 1. The fraction of sp³-hybridized carbons (Fsp3) is 0.182. The summed E-state index contributed by atoms with van der Waals surface area (Å²) in [6.07, 6.45) is 1.63. The molecule has 1 unspecified atom stereocenters. The fourth-order valence-corrected chi connectivity index (χ4v) is 1.53. The molecule has 0 spiro atoms. The molecule has 1 aromatic heterocycles. The summed E-state index contributed by atoms with van der Waals surface area (Å²) in [5, 5.41) is 0.418. The zero-order valence-electron chi connectivity index (χ0n) is 8.25. The van der Waals surface area contributed by atoms with Crippen LogP contribution in [0, 0.1) is 5.82 Å². The zero-order valence-corrected chi connectivity index (χ0v) is 8.25. The lowest BCUT2D eigenvalue weighted by molar-refractivity contribution is 0.0964. The Morgan fingerprint density at radius 1 is 1.47 bits per heavy atom. The summed E-state index contributed by atoms with van der Waals surface area (Å²) in [6, 6.07) is 4.05. The number of halogens is 1. The second kappa shape index (κ2) is 3.47. The number of nitrogens with one attached hydrogen (secondary N) is 1. The van der Waals surface area contributed by atoms with E-state index in [2.05, 4.69) is 4.98 Å². The molecule has 1 heterocycles. The van der Waals surface area contributed by atoms with E-state index >= 15 is 0 Å². The number of nitrogens with two attached hydrogens (primary N) is 1. The Balaban J connectivity index is 2.62. The van der Waals surface area contributed by atoms with E-state index < -0.39 is 11.9 Å². The molecule has 0 amide bonds. The first-order valence-corrected chi connectivity index (χ1v) is 4.66. The smallest absolute Gasteiger partial charge is 0.182 e. The van der Waals surface area contributed by atoms with Crippen LogP contribution in [0.4, 0.5) is 4.39 Å². The van der Waals surface area contributed by atoms with Crippen LogP contribution in [-0.4, -0.2) is 16.8 Å². The summed E-state index contributed by atoms with van der Waals surface area (Å²) >= 11 is 0. The first-order valence-electron chi connectivity index (χ1n) is 4.66. The lowest BCUT2D eigenvalue weighted by Crippen LogP contribution is -2.27. The van der Waals surface area contributed by atoms with E-state index in [0.717, 1.165) is 0 Å². The third-order valence-corrected chi connectivity index (χ3v) is 2.35. The molecule has 2 aromatic rings. The first kappa shape index (κ1) is 9.86. The van der Waals surface area contributed by atoms with E-state index in [1.807, 2.05) is 0 Å². The van der Waals surface area contributed by atoms with Gasteiger partial charge in [-0.15, -0.1) is 0 Å². The van der Waals surface area contributed by atoms with E-state index in [9.17, 15) is 9.18 Å². The molecule has 4 heteroatoms. The molecule has 0 aliphatic rings. The van der Waals surface area contributed by atoms with Crippen LogP contribution in [0.1, 0.15) is 17.3 Å². The maximum absolute atomic E-state index is 13.8.